The highest BCUT2D eigenvalue weighted by atomic mass is 16.3. The first-order chi connectivity index (χ1) is 6.83. The first-order valence-corrected chi connectivity index (χ1v) is 6.17. The Kier molecular flexibility index (Phi) is 3.13. The molecule has 2 heteroatoms. The fourth-order valence-electron chi connectivity index (χ4n) is 3.80. The van der Waals surface area contributed by atoms with E-state index in [1.54, 1.807) is 0 Å². The predicted molar refractivity (Wildman–Crippen MR) is 58.2 cm³/mol. The molecule has 1 aliphatic heterocycles. The third kappa shape index (κ3) is 1.49. The van der Waals surface area contributed by atoms with E-state index in [1.165, 1.54) is 38.5 Å². The van der Waals surface area contributed by atoms with Crippen molar-refractivity contribution < 1.29 is 5.11 Å². The van der Waals surface area contributed by atoms with Crippen LogP contribution in [0.25, 0.3) is 0 Å². The van der Waals surface area contributed by atoms with Crippen molar-refractivity contribution in [1.29, 1.82) is 0 Å². The van der Waals surface area contributed by atoms with E-state index in [0.717, 1.165) is 12.5 Å². The Hall–Kier alpha value is -0.0800. The zero-order valence-corrected chi connectivity index (χ0v) is 9.26. The smallest absolute Gasteiger partial charge is 0.0590 e. The highest BCUT2D eigenvalue weighted by molar-refractivity contribution is 5.01. The van der Waals surface area contributed by atoms with Crippen LogP contribution in [0.15, 0.2) is 0 Å². The number of nitrogens with one attached hydrogen (secondary N) is 1. The Morgan fingerprint density at radius 1 is 1.36 bits per heavy atom. The van der Waals surface area contributed by atoms with Crippen molar-refractivity contribution in [1.82, 2.24) is 5.32 Å². The molecule has 2 N–H and O–H groups in total. The van der Waals surface area contributed by atoms with Crippen LogP contribution < -0.4 is 5.32 Å². The number of aliphatic hydroxyl groups excluding tert-OH is 1. The van der Waals surface area contributed by atoms with E-state index in [0.29, 0.717) is 18.1 Å². The standard InChI is InChI=1S/C12H23NO/c1-2-12(10-5-3-4-6-10)7-8-13-11(12)9-14/h10-11,13-14H,2-9H2,1H3. The molecule has 2 aliphatic rings. The molecule has 0 aromatic heterocycles. The van der Waals surface area contributed by atoms with Gasteiger partial charge in [-0.15, -0.1) is 0 Å². The number of hydrogen-bond acceptors (Lipinski definition) is 2. The van der Waals surface area contributed by atoms with E-state index >= 15 is 0 Å². The molecular weight excluding hydrogens is 174 g/mol. The van der Waals surface area contributed by atoms with Gasteiger partial charge in [0.15, 0.2) is 0 Å². The quantitative estimate of drug-likeness (QED) is 0.724. The zero-order valence-electron chi connectivity index (χ0n) is 9.26. The van der Waals surface area contributed by atoms with Crippen molar-refractivity contribution in [2.45, 2.75) is 51.5 Å². The van der Waals surface area contributed by atoms with Crippen molar-refractivity contribution in [3.05, 3.63) is 0 Å². The summed E-state index contributed by atoms with van der Waals surface area (Å²) >= 11 is 0. The molecule has 0 aromatic carbocycles. The molecule has 2 atom stereocenters. The molecule has 0 bridgehead atoms. The van der Waals surface area contributed by atoms with Crippen LogP contribution in [-0.4, -0.2) is 24.3 Å². The van der Waals surface area contributed by atoms with Gasteiger partial charge in [0, 0.05) is 6.04 Å². The maximum atomic E-state index is 9.43. The molecular formula is C12H23NO. The molecule has 1 saturated carbocycles. The second-order valence-electron chi connectivity index (χ2n) is 5.01. The van der Waals surface area contributed by atoms with Crippen molar-refractivity contribution in [3.8, 4) is 0 Å². The Morgan fingerprint density at radius 2 is 2.07 bits per heavy atom. The first-order valence-electron chi connectivity index (χ1n) is 6.17. The molecule has 1 aliphatic carbocycles. The van der Waals surface area contributed by atoms with Gasteiger partial charge in [0.2, 0.25) is 0 Å². The molecule has 1 heterocycles. The normalized spacial score (nSPS) is 39.4. The molecule has 82 valence electrons. The van der Waals surface area contributed by atoms with Crippen LogP contribution in [0.3, 0.4) is 0 Å². The highest BCUT2D eigenvalue weighted by Crippen LogP contribution is 2.49. The summed E-state index contributed by atoms with van der Waals surface area (Å²) in [6.45, 7) is 3.73. The minimum Gasteiger partial charge on any atom is -0.395 e. The van der Waals surface area contributed by atoms with Gasteiger partial charge in [-0.2, -0.15) is 0 Å². The van der Waals surface area contributed by atoms with Gasteiger partial charge < -0.3 is 10.4 Å². The topological polar surface area (TPSA) is 32.3 Å². The number of aliphatic hydroxyl groups is 1. The van der Waals surface area contributed by atoms with Gasteiger partial charge in [-0.3, -0.25) is 0 Å². The highest BCUT2D eigenvalue weighted by Gasteiger charge is 2.47. The number of rotatable bonds is 3. The van der Waals surface area contributed by atoms with Gasteiger partial charge in [0.1, 0.15) is 0 Å². The molecule has 2 unspecified atom stereocenters. The maximum Gasteiger partial charge on any atom is 0.0590 e. The van der Waals surface area contributed by atoms with Crippen molar-refractivity contribution >= 4 is 0 Å². The molecule has 0 amide bonds. The Morgan fingerprint density at radius 3 is 2.64 bits per heavy atom. The summed E-state index contributed by atoms with van der Waals surface area (Å²) in [5, 5.41) is 12.9. The van der Waals surface area contributed by atoms with Crippen molar-refractivity contribution in [3.63, 3.8) is 0 Å². The third-order valence-electron chi connectivity index (χ3n) is 4.68. The van der Waals surface area contributed by atoms with Crippen LogP contribution >= 0.6 is 0 Å². The third-order valence-corrected chi connectivity index (χ3v) is 4.68. The van der Waals surface area contributed by atoms with Crippen molar-refractivity contribution in [2.24, 2.45) is 11.3 Å². The Balaban J connectivity index is 2.14. The fraction of sp³-hybridized carbons (Fsp3) is 1.00. The summed E-state index contributed by atoms with van der Waals surface area (Å²) in [6, 6.07) is 0.371. The number of hydrogen-bond donors (Lipinski definition) is 2. The minimum atomic E-state index is 0.324. The molecule has 2 nitrogen and oxygen atoms in total. The van der Waals surface area contributed by atoms with E-state index in [-0.39, 0.29) is 0 Å². The lowest BCUT2D eigenvalue weighted by atomic mass is 9.67. The molecule has 14 heavy (non-hydrogen) atoms. The predicted octanol–water partition coefficient (Wildman–Crippen LogP) is 1.93. The summed E-state index contributed by atoms with van der Waals surface area (Å²) in [7, 11) is 0. The summed E-state index contributed by atoms with van der Waals surface area (Å²) in [6.07, 6.45) is 8.11. The monoisotopic (exact) mass is 197 g/mol. The molecule has 1 saturated heterocycles. The van der Waals surface area contributed by atoms with Crippen LogP contribution in [-0.2, 0) is 0 Å². The minimum absolute atomic E-state index is 0.324. The van der Waals surface area contributed by atoms with Crippen LogP contribution in [0.1, 0.15) is 45.4 Å². The van der Waals surface area contributed by atoms with E-state index in [4.69, 9.17) is 0 Å². The van der Waals surface area contributed by atoms with Gasteiger partial charge in [0.05, 0.1) is 6.61 Å². The SMILES string of the molecule is CCC1(C2CCCC2)CCNC1CO. The second kappa shape index (κ2) is 4.19. The van der Waals surface area contributed by atoms with Gasteiger partial charge >= 0.3 is 0 Å². The summed E-state index contributed by atoms with van der Waals surface area (Å²) in [5.41, 5.74) is 0.422. The Labute approximate surface area is 87.1 Å². The van der Waals surface area contributed by atoms with E-state index < -0.39 is 0 Å². The Bertz CT molecular complexity index is 189. The zero-order chi connectivity index (χ0) is 10.0. The van der Waals surface area contributed by atoms with E-state index in [9.17, 15) is 5.11 Å². The van der Waals surface area contributed by atoms with Crippen LogP contribution in [0.4, 0.5) is 0 Å². The lowest BCUT2D eigenvalue weighted by Gasteiger charge is -2.39. The maximum absolute atomic E-state index is 9.43. The molecule has 0 radical (unpaired) electrons. The van der Waals surface area contributed by atoms with Crippen molar-refractivity contribution in [2.75, 3.05) is 13.2 Å². The first kappa shape index (κ1) is 10.4. The van der Waals surface area contributed by atoms with E-state index in [2.05, 4.69) is 12.2 Å². The lowest BCUT2D eigenvalue weighted by molar-refractivity contribution is 0.0891. The molecule has 0 spiro atoms. The fourth-order valence-corrected chi connectivity index (χ4v) is 3.80. The van der Waals surface area contributed by atoms with Gasteiger partial charge in [-0.05, 0) is 43.6 Å². The average molecular weight is 197 g/mol. The summed E-state index contributed by atoms with van der Waals surface area (Å²) in [4.78, 5) is 0. The summed E-state index contributed by atoms with van der Waals surface area (Å²) < 4.78 is 0. The molecule has 0 aromatic rings. The molecule has 2 rings (SSSR count). The second-order valence-corrected chi connectivity index (χ2v) is 5.01. The average Bonchev–Trinajstić information content (AvgIpc) is 2.86. The largest absolute Gasteiger partial charge is 0.395 e. The van der Waals surface area contributed by atoms with E-state index in [1.807, 2.05) is 0 Å². The van der Waals surface area contributed by atoms with Crippen LogP contribution in [0.5, 0.6) is 0 Å². The van der Waals surface area contributed by atoms with Gasteiger partial charge in [-0.1, -0.05) is 19.8 Å². The van der Waals surface area contributed by atoms with Crippen LogP contribution in [0.2, 0.25) is 0 Å². The van der Waals surface area contributed by atoms with Gasteiger partial charge in [0.25, 0.3) is 0 Å². The lowest BCUT2D eigenvalue weighted by Crippen LogP contribution is -2.43. The van der Waals surface area contributed by atoms with Crippen LogP contribution in [0, 0.1) is 11.3 Å². The molecule has 2 fully saturated rings. The summed E-state index contributed by atoms with van der Waals surface area (Å²) in [5.74, 6) is 0.875. The van der Waals surface area contributed by atoms with Gasteiger partial charge in [-0.25, -0.2) is 0 Å².